The van der Waals surface area contributed by atoms with Gasteiger partial charge in [-0.2, -0.15) is 9.97 Å². The Morgan fingerprint density at radius 2 is 1.43 bits per heavy atom. The lowest BCUT2D eigenvalue weighted by Crippen LogP contribution is -2.39. The van der Waals surface area contributed by atoms with E-state index in [4.69, 9.17) is 22.2 Å². The van der Waals surface area contributed by atoms with Crippen LogP contribution in [0, 0.1) is 11.8 Å². The summed E-state index contributed by atoms with van der Waals surface area (Å²) in [5.74, 6) is 3.92. The molecule has 3 fully saturated rings. The number of rotatable bonds is 6. The van der Waals surface area contributed by atoms with Gasteiger partial charge in [-0.15, -0.1) is 0 Å². The standard InChI is InChI=1S/C27H39N7S/c1-20-15-21(2)19-34(18-20)25-16-24(33-13-5-6-14-33)29-26(30-25)31-27(35)28-17-22-7-9-23(10-8-22)32-11-3-4-12-32/h7-10,16,20-21H,3-6,11-15,17-19H2,1-2H3,(H2,28,29,30,31,35)/t20-,21-/m0/s1. The summed E-state index contributed by atoms with van der Waals surface area (Å²) in [7, 11) is 0. The number of benzene rings is 1. The highest BCUT2D eigenvalue weighted by molar-refractivity contribution is 7.80. The first-order valence-corrected chi connectivity index (χ1v) is 13.7. The van der Waals surface area contributed by atoms with Gasteiger partial charge in [-0.1, -0.05) is 26.0 Å². The summed E-state index contributed by atoms with van der Waals surface area (Å²) in [6.45, 7) is 11.9. The molecule has 3 aliphatic heterocycles. The fraction of sp³-hybridized carbons (Fsp3) is 0.593. The zero-order valence-corrected chi connectivity index (χ0v) is 22.0. The van der Waals surface area contributed by atoms with Crippen LogP contribution in [0.5, 0.6) is 0 Å². The van der Waals surface area contributed by atoms with E-state index in [1.165, 1.54) is 56.4 Å². The van der Waals surface area contributed by atoms with Crippen LogP contribution >= 0.6 is 12.2 Å². The number of hydrogen-bond acceptors (Lipinski definition) is 6. The van der Waals surface area contributed by atoms with Gasteiger partial charge in [-0.3, -0.25) is 0 Å². The number of hydrogen-bond donors (Lipinski definition) is 2. The molecule has 3 aliphatic rings. The van der Waals surface area contributed by atoms with Gasteiger partial charge >= 0.3 is 0 Å². The summed E-state index contributed by atoms with van der Waals surface area (Å²) in [6.07, 6.45) is 6.30. The van der Waals surface area contributed by atoms with E-state index in [9.17, 15) is 0 Å². The third-order valence-corrected chi connectivity index (χ3v) is 7.65. The second kappa shape index (κ2) is 11.0. The molecule has 0 unspecified atom stereocenters. The normalized spacial score (nSPS) is 22.5. The average Bonchev–Trinajstić information content (AvgIpc) is 3.57. The first-order chi connectivity index (χ1) is 17.0. The molecule has 0 amide bonds. The monoisotopic (exact) mass is 493 g/mol. The van der Waals surface area contributed by atoms with Crippen LogP contribution in [-0.4, -0.2) is 54.3 Å². The van der Waals surface area contributed by atoms with Crippen molar-refractivity contribution in [1.82, 2.24) is 15.3 Å². The molecule has 4 heterocycles. The summed E-state index contributed by atoms with van der Waals surface area (Å²) < 4.78 is 0. The second-order valence-corrected chi connectivity index (χ2v) is 11.0. The topological polar surface area (TPSA) is 59.6 Å². The van der Waals surface area contributed by atoms with E-state index >= 15 is 0 Å². The molecular weight excluding hydrogens is 454 g/mol. The maximum Gasteiger partial charge on any atom is 0.232 e. The quantitative estimate of drug-likeness (QED) is 0.564. The highest BCUT2D eigenvalue weighted by Crippen LogP contribution is 2.29. The Kier molecular flexibility index (Phi) is 7.56. The highest BCUT2D eigenvalue weighted by atomic mass is 32.1. The molecule has 7 nitrogen and oxygen atoms in total. The molecule has 0 bridgehead atoms. The van der Waals surface area contributed by atoms with E-state index in [0.717, 1.165) is 37.8 Å². The van der Waals surface area contributed by atoms with Crippen molar-refractivity contribution in [1.29, 1.82) is 0 Å². The van der Waals surface area contributed by atoms with Crippen molar-refractivity contribution in [2.45, 2.75) is 52.5 Å². The van der Waals surface area contributed by atoms with E-state index in [1.54, 1.807) is 0 Å². The first-order valence-electron chi connectivity index (χ1n) is 13.3. The number of anilines is 4. The summed E-state index contributed by atoms with van der Waals surface area (Å²) in [5.41, 5.74) is 2.52. The highest BCUT2D eigenvalue weighted by Gasteiger charge is 2.25. The Bertz CT molecular complexity index is 989. The van der Waals surface area contributed by atoms with Crippen LogP contribution < -0.4 is 25.3 Å². The molecule has 1 aromatic carbocycles. The van der Waals surface area contributed by atoms with Gasteiger partial charge in [-0.05, 0) is 73.9 Å². The molecule has 5 rings (SSSR count). The number of aromatic nitrogens is 2. The number of thiocarbonyl (C=S) groups is 1. The molecule has 0 saturated carbocycles. The van der Waals surface area contributed by atoms with Crippen molar-refractivity contribution in [3.8, 4) is 0 Å². The second-order valence-electron chi connectivity index (χ2n) is 10.6. The molecule has 0 radical (unpaired) electrons. The fourth-order valence-corrected chi connectivity index (χ4v) is 5.89. The van der Waals surface area contributed by atoms with Crippen molar-refractivity contribution < 1.29 is 0 Å². The van der Waals surface area contributed by atoms with Crippen LogP contribution in [0.1, 0.15) is 51.5 Å². The largest absolute Gasteiger partial charge is 0.372 e. The SMILES string of the molecule is C[C@H]1C[C@H](C)CN(c2cc(N3CCCC3)nc(NC(=S)NCc3ccc(N4CCCC4)cc3)n2)C1. The van der Waals surface area contributed by atoms with Crippen molar-refractivity contribution in [2.75, 3.05) is 59.3 Å². The van der Waals surface area contributed by atoms with Crippen molar-refractivity contribution >= 4 is 40.6 Å². The number of nitrogens with zero attached hydrogens (tertiary/aromatic N) is 5. The van der Waals surface area contributed by atoms with Gasteiger partial charge in [0.05, 0.1) is 0 Å². The Labute approximate surface area is 215 Å². The minimum absolute atomic E-state index is 0.554. The molecule has 188 valence electrons. The van der Waals surface area contributed by atoms with Gasteiger partial charge in [0, 0.05) is 57.6 Å². The molecule has 35 heavy (non-hydrogen) atoms. The third-order valence-electron chi connectivity index (χ3n) is 7.41. The third kappa shape index (κ3) is 6.15. The summed E-state index contributed by atoms with van der Waals surface area (Å²) in [4.78, 5) is 17.0. The summed E-state index contributed by atoms with van der Waals surface area (Å²) in [5, 5.41) is 7.16. The summed E-state index contributed by atoms with van der Waals surface area (Å²) >= 11 is 5.63. The zero-order chi connectivity index (χ0) is 24.2. The predicted molar refractivity (Wildman–Crippen MR) is 150 cm³/mol. The molecule has 1 aromatic heterocycles. The van der Waals surface area contributed by atoms with Gasteiger partial charge in [0.15, 0.2) is 5.11 Å². The van der Waals surface area contributed by atoms with E-state index in [-0.39, 0.29) is 0 Å². The molecular formula is C27H39N7S. The van der Waals surface area contributed by atoms with Crippen molar-refractivity contribution in [2.24, 2.45) is 11.8 Å². The van der Waals surface area contributed by atoms with Gasteiger partial charge in [0.2, 0.25) is 5.95 Å². The molecule has 2 N–H and O–H groups in total. The van der Waals surface area contributed by atoms with Crippen LogP contribution in [0.25, 0.3) is 0 Å². The lowest BCUT2D eigenvalue weighted by atomic mass is 9.92. The average molecular weight is 494 g/mol. The van der Waals surface area contributed by atoms with Crippen LogP contribution in [0.4, 0.5) is 23.3 Å². The number of nitrogens with one attached hydrogen (secondary N) is 2. The van der Waals surface area contributed by atoms with E-state index in [1.807, 2.05) is 0 Å². The van der Waals surface area contributed by atoms with Crippen molar-refractivity contribution in [3.05, 3.63) is 35.9 Å². The predicted octanol–water partition coefficient (Wildman–Crippen LogP) is 4.65. The van der Waals surface area contributed by atoms with Crippen LogP contribution in [0.2, 0.25) is 0 Å². The molecule has 0 spiro atoms. The van der Waals surface area contributed by atoms with Gasteiger partial charge < -0.3 is 25.3 Å². The molecule has 8 heteroatoms. The van der Waals surface area contributed by atoms with E-state index in [0.29, 0.717) is 29.4 Å². The van der Waals surface area contributed by atoms with Gasteiger partial charge in [0.1, 0.15) is 11.6 Å². The first kappa shape index (κ1) is 24.1. The Balaban J connectivity index is 1.25. The minimum Gasteiger partial charge on any atom is -0.372 e. The molecule has 3 saturated heterocycles. The lowest BCUT2D eigenvalue weighted by molar-refractivity contribution is 0.355. The minimum atomic E-state index is 0.554. The van der Waals surface area contributed by atoms with Crippen LogP contribution in [0.15, 0.2) is 30.3 Å². The smallest absolute Gasteiger partial charge is 0.232 e. The maximum absolute atomic E-state index is 5.63. The van der Waals surface area contributed by atoms with E-state index in [2.05, 4.69) is 69.5 Å². The molecule has 0 aliphatic carbocycles. The summed E-state index contributed by atoms with van der Waals surface area (Å²) in [6, 6.07) is 11.0. The zero-order valence-electron chi connectivity index (χ0n) is 21.2. The van der Waals surface area contributed by atoms with Gasteiger partial charge in [-0.25, -0.2) is 0 Å². The van der Waals surface area contributed by atoms with Crippen LogP contribution in [-0.2, 0) is 6.54 Å². The Morgan fingerprint density at radius 1 is 0.857 bits per heavy atom. The van der Waals surface area contributed by atoms with Crippen LogP contribution in [0.3, 0.4) is 0 Å². The van der Waals surface area contributed by atoms with Gasteiger partial charge in [0.25, 0.3) is 0 Å². The Hall–Kier alpha value is -2.61. The number of piperidine rings is 1. The van der Waals surface area contributed by atoms with Crippen molar-refractivity contribution in [3.63, 3.8) is 0 Å². The molecule has 2 atom stereocenters. The fourth-order valence-electron chi connectivity index (χ4n) is 5.73. The lowest BCUT2D eigenvalue weighted by Gasteiger charge is -2.36. The Morgan fingerprint density at radius 3 is 2.06 bits per heavy atom. The van der Waals surface area contributed by atoms with E-state index < -0.39 is 0 Å². The maximum atomic E-state index is 5.63. The molecule has 2 aromatic rings.